The van der Waals surface area contributed by atoms with Gasteiger partial charge in [-0.3, -0.25) is 4.79 Å². The average Bonchev–Trinajstić information content (AvgIpc) is 2.92. The smallest absolute Gasteiger partial charge is 0.253 e. The lowest BCUT2D eigenvalue weighted by Crippen LogP contribution is -2.31. The van der Waals surface area contributed by atoms with Crippen molar-refractivity contribution in [1.29, 1.82) is 0 Å². The van der Waals surface area contributed by atoms with Gasteiger partial charge in [0.1, 0.15) is 0 Å². The van der Waals surface area contributed by atoms with Crippen LogP contribution in [0.2, 0.25) is 0 Å². The normalized spacial score (nSPS) is 26.4. The number of likely N-dealkylation sites (tertiary alicyclic amines) is 1. The van der Waals surface area contributed by atoms with Crippen molar-refractivity contribution >= 4 is 21.8 Å². The SMILES string of the molecule is Cc1ccc(C(=O)N2CC3CNCC3C2)cc1Br. The maximum Gasteiger partial charge on any atom is 0.253 e. The van der Waals surface area contributed by atoms with E-state index in [9.17, 15) is 4.79 Å². The van der Waals surface area contributed by atoms with E-state index in [0.29, 0.717) is 11.8 Å². The number of hydrogen-bond donors (Lipinski definition) is 1. The first kappa shape index (κ1) is 12.2. The summed E-state index contributed by atoms with van der Waals surface area (Å²) in [6, 6.07) is 5.86. The fraction of sp³-hybridized carbons (Fsp3) is 0.500. The van der Waals surface area contributed by atoms with E-state index in [1.54, 1.807) is 0 Å². The van der Waals surface area contributed by atoms with Gasteiger partial charge in [-0.1, -0.05) is 22.0 Å². The van der Waals surface area contributed by atoms with Crippen molar-refractivity contribution in [2.75, 3.05) is 26.2 Å². The summed E-state index contributed by atoms with van der Waals surface area (Å²) >= 11 is 3.49. The van der Waals surface area contributed by atoms with Crippen molar-refractivity contribution in [2.45, 2.75) is 6.92 Å². The van der Waals surface area contributed by atoms with Crippen LogP contribution in [0.5, 0.6) is 0 Å². The van der Waals surface area contributed by atoms with Crippen LogP contribution < -0.4 is 5.32 Å². The Kier molecular flexibility index (Phi) is 3.16. The third-order valence-corrected chi connectivity index (χ3v) is 4.95. The zero-order chi connectivity index (χ0) is 12.7. The fourth-order valence-corrected chi connectivity index (χ4v) is 3.31. The van der Waals surface area contributed by atoms with E-state index in [-0.39, 0.29) is 5.91 Å². The first-order valence-electron chi connectivity index (χ1n) is 6.41. The number of halogens is 1. The standard InChI is InChI=1S/C14H17BrN2O/c1-9-2-3-10(4-13(9)15)14(18)17-7-11-5-16-6-12(11)8-17/h2-4,11-12,16H,5-8H2,1H3. The van der Waals surface area contributed by atoms with Crippen LogP contribution in [0.4, 0.5) is 0 Å². The van der Waals surface area contributed by atoms with Gasteiger partial charge < -0.3 is 10.2 Å². The molecule has 2 saturated heterocycles. The van der Waals surface area contributed by atoms with Gasteiger partial charge in [0.25, 0.3) is 5.91 Å². The van der Waals surface area contributed by atoms with Gasteiger partial charge in [-0.15, -0.1) is 0 Å². The molecule has 3 nitrogen and oxygen atoms in total. The quantitative estimate of drug-likeness (QED) is 0.861. The Labute approximate surface area is 116 Å². The van der Waals surface area contributed by atoms with E-state index in [2.05, 4.69) is 21.2 Å². The Balaban J connectivity index is 1.77. The fourth-order valence-electron chi connectivity index (χ4n) is 2.93. The molecule has 2 fully saturated rings. The molecule has 4 heteroatoms. The second kappa shape index (κ2) is 4.67. The van der Waals surface area contributed by atoms with E-state index >= 15 is 0 Å². The summed E-state index contributed by atoms with van der Waals surface area (Å²) in [5.41, 5.74) is 1.95. The Morgan fingerprint density at radius 2 is 2.00 bits per heavy atom. The Bertz CT molecular complexity index is 477. The Morgan fingerprint density at radius 3 is 2.61 bits per heavy atom. The van der Waals surface area contributed by atoms with Gasteiger partial charge in [0.05, 0.1) is 0 Å². The van der Waals surface area contributed by atoms with E-state index in [0.717, 1.165) is 41.8 Å². The van der Waals surface area contributed by atoms with Gasteiger partial charge in [0, 0.05) is 36.2 Å². The maximum absolute atomic E-state index is 12.4. The van der Waals surface area contributed by atoms with Crippen molar-refractivity contribution in [3.63, 3.8) is 0 Å². The lowest BCUT2D eigenvalue weighted by atomic mass is 10.0. The number of nitrogens with zero attached hydrogens (tertiary/aromatic N) is 1. The summed E-state index contributed by atoms with van der Waals surface area (Å²) in [6.45, 7) is 5.96. The molecule has 18 heavy (non-hydrogen) atoms. The number of carbonyl (C=O) groups excluding carboxylic acids is 1. The minimum atomic E-state index is 0.171. The monoisotopic (exact) mass is 308 g/mol. The molecular formula is C14H17BrN2O. The molecule has 2 atom stereocenters. The molecule has 2 aliphatic heterocycles. The summed E-state index contributed by atoms with van der Waals surface area (Å²) in [4.78, 5) is 14.4. The van der Waals surface area contributed by atoms with Crippen LogP contribution in [-0.2, 0) is 0 Å². The Morgan fingerprint density at radius 1 is 1.33 bits per heavy atom. The van der Waals surface area contributed by atoms with E-state index in [1.807, 2.05) is 30.0 Å². The number of nitrogens with one attached hydrogen (secondary N) is 1. The van der Waals surface area contributed by atoms with Gasteiger partial charge in [-0.2, -0.15) is 0 Å². The highest BCUT2D eigenvalue weighted by Gasteiger charge is 2.38. The van der Waals surface area contributed by atoms with Crippen LogP contribution in [0.1, 0.15) is 15.9 Å². The van der Waals surface area contributed by atoms with Crippen LogP contribution in [0, 0.1) is 18.8 Å². The minimum absolute atomic E-state index is 0.171. The molecule has 2 unspecified atom stereocenters. The molecule has 2 heterocycles. The minimum Gasteiger partial charge on any atom is -0.338 e. The van der Waals surface area contributed by atoms with Crippen molar-refractivity contribution in [3.8, 4) is 0 Å². The van der Waals surface area contributed by atoms with E-state index in [1.165, 1.54) is 0 Å². The summed E-state index contributed by atoms with van der Waals surface area (Å²) < 4.78 is 1.01. The zero-order valence-corrected chi connectivity index (χ0v) is 12.0. The average molecular weight is 309 g/mol. The predicted octanol–water partition coefficient (Wildman–Crippen LogP) is 2.05. The predicted molar refractivity (Wildman–Crippen MR) is 74.6 cm³/mol. The van der Waals surface area contributed by atoms with Crippen LogP contribution in [0.15, 0.2) is 22.7 Å². The number of aryl methyl sites for hydroxylation is 1. The van der Waals surface area contributed by atoms with Gasteiger partial charge in [0.15, 0.2) is 0 Å². The van der Waals surface area contributed by atoms with E-state index in [4.69, 9.17) is 0 Å². The topological polar surface area (TPSA) is 32.3 Å². The third kappa shape index (κ3) is 2.08. The van der Waals surface area contributed by atoms with Gasteiger partial charge in [-0.05, 0) is 36.5 Å². The van der Waals surface area contributed by atoms with Crippen molar-refractivity contribution in [2.24, 2.45) is 11.8 Å². The second-order valence-electron chi connectivity index (χ2n) is 5.35. The maximum atomic E-state index is 12.4. The molecule has 1 aromatic carbocycles. The Hall–Kier alpha value is -0.870. The number of carbonyl (C=O) groups is 1. The highest BCUT2D eigenvalue weighted by Crippen LogP contribution is 2.28. The van der Waals surface area contributed by atoms with Crippen LogP contribution in [0.25, 0.3) is 0 Å². The second-order valence-corrected chi connectivity index (χ2v) is 6.21. The molecule has 2 aliphatic rings. The van der Waals surface area contributed by atoms with Crippen molar-refractivity contribution < 1.29 is 4.79 Å². The van der Waals surface area contributed by atoms with E-state index < -0.39 is 0 Å². The molecule has 0 spiro atoms. The van der Waals surface area contributed by atoms with Gasteiger partial charge in [-0.25, -0.2) is 0 Å². The molecule has 1 aromatic rings. The highest BCUT2D eigenvalue weighted by atomic mass is 79.9. The molecule has 0 saturated carbocycles. The number of amides is 1. The number of fused-ring (bicyclic) bond motifs is 1. The zero-order valence-electron chi connectivity index (χ0n) is 10.4. The third-order valence-electron chi connectivity index (χ3n) is 4.10. The highest BCUT2D eigenvalue weighted by molar-refractivity contribution is 9.10. The molecule has 0 aliphatic carbocycles. The lowest BCUT2D eigenvalue weighted by Gasteiger charge is -2.18. The molecule has 0 radical (unpaired) electrons. The number of rotatable bonds is 1. The van der Waals surface area contributed by atoms with Crippen molar-refractivity contribution in [1.82, 2.24) is 10.2 Å². The number of hydrogen-bond acceptors (Lipinski definition) is 2. The summed E-state index contributed by atoms with van der Waals surface area (Å²) in [5.74, 6) is 1.48. The van der Waals surface area contributed by atoms with Crippen molar-refractivity contribution in [3.05, 3.63) is 33.8 Å². The molecule has 1 N–H and O–H groups in total. The largest absolute Gasteiger partial charge is 0.338 e. The van der Waals surface area contributed by atoms with Crippen LogP contribution >= 0.6 is 15.9 Å². The molecule has 96 valence electrons. The number of benzene rings is 1. The summed E-state index contributed by atoms with van der Waals surface area (Å²) in [7, 11) is 0. The van der Waals surface area contributed by atoms with Gasteiger partial charge in [0.2, 0.25) is 0 Å². The van der Waals surface area contributed by atoms with Crippen LogP contribution in [-0.4, -0.2) is 37.0 Å². The molecule has 3 rings (SSSR count). The van der Waals surface area contributed by atoms with Gasteiger partial charge >= 0.3 is 0 Å². The first-order valence-corrected chi connectivity index (χ1v) is 7.20. The molecule has 0 bridgehead atoms. The summed E-state index contributed by atoms with van der Waals surface area (Å²) in [5, 5.41) is 3.39. The molecule has 1 amide bonds. The molecular weight excluding hydrogens is 292 g/mol. The lowest BCUT2D eigenvalue weighted by molar-refractivity contribution is 0.0781. The molecule has 0 aromatic heterocycles. The summed E-state index contributed by atoms with van der Waals surface area (Å²) in [6.07, 6.45) is 0. The first-order chi connectivity index (χ1) is 8.65. The van der Waals surface area contributed by atoms with Crippen LogP contribution in [0.3, 0.4) is 0 Å².